The van der Waals surface area contributed by atoms with Crippen LogP contribution in [0, 0.1) is 0 Å². The minimum Gasteiger partial charge on any atom is -0.495 e. The van der Waals surface area contributed by atoms with Gasteiger partial charge in [-0.25, -0.2) is 0 Å². The average Bonchev–Trinajstić information content (AvgIpc) is 2.38. The lowest BCUT2D eigenvalue weighted by atomic mass is 10.1. The maximum Gasteiger partial charge on any atom is 0.237 e. The number of benzene rings is 1. The molecule has 1 fully saturated rings. The van der Waals surface area contributed by atoms with Crippen LogP contribution in [0.5, 0.6) is 5.75 Å². The molecular formula is C13H17ClN2O2. The van der Waals surface area contributed by atoms with E-state index in [9.17, 15) is 4.79 Å². The van der Waals surface area contributed by atoms with E-state index < -0.39 is 0 Å². The zero-order chi connectivity index (χ0) is 13.0. The molecule has 1 saturated heterocycles. The van der Waals surface area contributed by atoms with Gasteiger partial charge in [0.2, 0.25) is 5.91 Å². The van der Waals surface area contributed by atoms with Crippen molar-refractivity contribution in [3.8, 4) is 5.75 Å². The quantitative estimate of drug-likeness (QED) is 0.874. The smallest absolute Gasteiger partial charge is 0.237 e. The van der Waals surface area contributed by atoms with Crippen LogP contribution in [0.25, 0.3) is 0 Å². The molecule has 98 valence electrons. The van der Waals surface area contributed by atoms with E-state index in [-0.39, 0.29) is 11.9 Å². The van der Waals surface area contributed by atoms with E-state index in [1.165, 1.54) is 0 Å². The summed E-state index contributed by atoms with van der Waals surface area (Å²) >= 11 is 6.05. The second-order valence-electron chi connectivity index (χ2n) is 4.34. The Balaban J connectivity index is 1.93. The van der Waals surface area contributed by atoms with Crippen LogP contribution in [0.15, 0.2) is 18.2 Å². The van der Waals surface area contributed by atoms with E-state index in [0.29, 0.717) is 17.3 Å². The average molecular weight is 269 g/mol. The van der Waals surface area contributed by atoms with Crippen molar-refractivity contribution < 1.29 is 9.53 Å². The number of ether oxygens (including phenoxy) is 1. The molecular weight excluding hydrogens is 252 g/mol. The summed E-state index contributed by atoms with van der Waals surface area (Å²) in [4.78, 5) is 11.6. The molecule has 0 aromatic heterocycles. The van der Waals surface area contributed by atoms with E-state index in [4.69, 9.17) is 16.3 Å². The standard InChI is InChI=1S/C13H17ClN2O2/c1-18-12-5-4-9(7-10(12)14)8-16-11-3-2-6-15-13(11)17/h4-5,7,11,16H,2-3,6,8H2,1H3,(H,15,17). The number of rotatable bonds is 4. The zero-order valence-electron chi connectivity index (χ0n) is 10.3. The van der Waals surface area contributed by atoms with Gasteiger partial charge in [0.05, 0.1) is 18.2 Å². The monoisotopic (exact) mass is 268 g/mol. The normalized spacial score (nSPS) is 19.4. The highest BCUT2D eigenvalue weighted by Crippen LogP contribution is 2.24. The van der Waals surface area contributed by atoms with Gasteiger partial charge in [0.1, 0.15) is 5.75 Å². The van der Waals surface area contributed by atoms with Crippen LogP contribution in [-0.2, 0) is 11.3 Å². The fourth-order valence-electron chi connectivity index (χ4n) is 2.03. The molecule has 1 aliphatic rings. The Hall–Kier alpha value is -1.26. The number of piperidine rings is 1. The van der Waals surface area contributed by atoms with Crippen molar-refractivity contribution in [1.29, 1.82) is 0 Å². The number of methoxy groups -OCH3 is 1. The molecule has 18 heavy (non-hydrogen) atoms. The lowest BCUT2D eigenvalue weighted by molar-refractivity contribution is -0.124. The predicted octanol–water partition coefficient (Wildman–Crippen LogP) is 1.72. The molecule has 1 aliphatic heterocycles. The number of hydrogen-bond acceptors (Lipinski definition) is 3. The van der Waals surface area contributed by atoms with Crippen molar-refractivity contribution in [2.24, 2.45) is 0 Å². The first-order valence-corrected chi connectivity index (χ1v) is 6.42. The molecule has 0 aliphatic carbocycles. The summed E-state index contributed by atoms with van der Waals surface area (Å²) in [6.45, 7) is 1.41. The molecule has 2 N–H and O–H groups in total. The maximum atomic E-state index is 11.6. The fourth-order valence-corrected chi connectivity index (χ4v) is 2.31. The van der Waals surface area contributed by atoms with Gasteiger partial charge in [-0.05, 0) is 30.5 Å². The SMILES string of the molecule is COc1ccc(CNC2CCCNC2=O)cc1Cl. The molecule has 4 nitrogen and oxygen atoms in total. The van der Waals surface area contributed by atoms with Gasteiger partial charge in [-0.15, -0.1) is 0 Å². The molecule has 5 heteroatoms. The number of halogens is 1. The third kappa shape index (κ3) is 3.15. The zero-order valence-corrected chi connectivity index (χ0v) is 11.1. The third-order valence-corrected chi connectivity index (χ3v) is 3.35. The highest BCUT2D eigenvalue weighted by atomic mass is 35.5. The largest absolute Gasteiger partial charge is 0.495 e. The Morgan fingerprint density at radius 1 is 1.56 bits per heavy atom. The summed E-state index contributed by atoms with van der Waals surface area (Å²) in [5.41, 5.74) is 1.04. The fraction of sp³-hybridized carbons (Fsp3) is 0.462. The van der Waals surface area contributed by atoms with Gasteiger partial charge in [-0.2, -0.15) is 0 Å². The number of carbonyl (C=O) groups is 1. The number of amides is 1. The first kappa shape index (κ1) is 13.2. The maximum absolute atomic E-state index is 11.6. The molecule has 1 amide bonds. The molecule has 1 aromatic carbocycles. The summed E-state index contributed by atoms with van der Waals surface area (Å²) in [5.74, 6) is 0.747. The van der Waals surface area contributed by atoms with Crippen LogP contribution in [0.2, 0.25) is 5.02 Å². The van der Waals surface area contributed by atoms with Crippen molar-refractivity contribution in [2.75, 3.05) is 13.7 Å². The lowest BCUT2D eigenvalue weighted by Gasteiger charge is -2.22. The highest BCUT2D eigenvalue weighted by Gasteiger charge is 2.20. The Labute approximate surface area is 112 Å². The molecule has 1 aromatic rings. The summed E-state index contributed by atoms with van der Waals surface area (Å²) in [6, 6.07) is 5.53. The second-order valence-corrected chi connectivity index (χ2v) is 4.74. The molecule has 1 atom stereocenters. The Morgan fingerprint density at radius 3 is 3.06 bits per heavy atom. The van der Waals surface area contributed by atoms with Gasteiger partial charge in [0.15, 0.2) is 0 Å². The number of hydrogen-bond donors (Lipinski definition) is 2. The first-order valence-electron chi connectivity index (χ1n) is 6.04. The van der Waals surface area contributed by atoms with Gasteiger partial charge in [-0.1, -0.05) is 17.7 Å². The molecule has 0 bridgehead atoms. The Bertz CT molecular complexity index is 437. The number of nitrogens with one attached hydrogen (secondary N) is 2. The molecule has 0 saturated carbocycles. The van der Waals surface area contributed by atoms with E-state index in [1.54, 1.807) is 7.11 Å². The van der Waals surface area contributed by atoms with Crippen LogP contribution in [0.4, 0.5) is 0 Å². The Kier molecular flexibility index (Phi) is 4.44. The van der Waals surface area contributed by atoms with E-state index in [0.717, 1.165) is 24.9 Å². The highest BCUT2D eigenvalue weighted by molar-refractivity contribution is 6.32. The van der Waals surface area contributed by atoms with Crippen molar-refractivity contribution in [3.63, 3.8) is 0 Å². The van der Waals surface area contributed by atoms with Crippen LogP contribution >= 0.6 is 11.6 Å². The van der Waals surface area contributed by atoms with E-state index >= 15 is 0 Å². The van der Waals surface area contributed by atoms with Gasteiger partial charge in [-0.3, -0.25) is 4.79 Å². The summed E-state index contributed by atoms with van der Waals surface area (Å²) in [5, 5.41) is 6.68. The third-order valence-electron chi connectivity index (χ3n) is 3.05. The molecule has 0 radical (unpaired) electrons. The molecule has 0 spiro atoms. The predicted molar refractivity (Wildman–Crippen MR) is 70.9 cm³/mol. The van der Waals surface area contributed by atoms with Crippen molar-refractivity contribution in [1.82, 2.24) is 10.6 Å². The van der Waals surface area contributed by atoms with Crippen molar-refractivity contribution in [2.45, 2.75) is 25.4 Å². The molecule has 1 heterocycles. The Morgan fingerprint density at radius 2 is 2.39 bits per heavy atom. The van der Waals surface area contributed by atoms with Crippen molar-refractivity contribution in [3.05, 3.63) is 28.8 Å². The lowest BCUT2D eigenvalue weighted by Crippen LogP contribution is -2.47. The topological polar surface area (TPSA) is 50.4 Å². The van der Waals surface area contributed by atoms with Gasteiger partial charge in [0.25, 0.3) is 0 Å². The molecule has 2 rings (SSSR count). The number of carbonyl (C=O) groups excluding carboxylic acids is 1. The van der Waals surface area contributed by atoms with Gasteiger partial charge >= 0.3 is 0 Å². The minimum absolute atomic E-state index is 0.0841. The van der Waals surface area contributed by atoms with Gasteiger partial charge in [0, 0.05) is 13.1 Å². The van der Waals surface area contributed by atoms with Crippen molar-refractivity contribution >= 4 is 17.5 Å². The van der Waals surface area contributed by atoms with Gasteiger partial charge < -0.3 is 15.4 Å². The molecule has 1 unspecified atom stereocenters. The summed E-state index contributed by atoms with van der Waals surface area (Å²) in [6.07, 6.45) is 1.91. The van der Waals surface area contributed by atoms with E-state index in [1.807, 2.05) is 18.2 Å². The summed E-state index contributed by atoms with van der Waals surface area (Å²) < 4.78 is 5.10. The van der Waals surface area contributed by atoms with Crippen LogP contribution in [-0.4, -0.2) is 25.6 Å². The summed E-state index contributed by atoms with van der Waals surface area (Å²) in [7, 11) is 1.59. The van der Waals surface area contributed by atoms with E-state index in [2.05, 4.69) is 10.6 Å². The van der Waals surface area contributed by atoms with Crippen LogP contribution < -0.4 is 15.4 Å². The second kappa shape index (κ2) is 6.07. The van der Waals surface area contributed by atoms with Crippen LogP contribution in [0.3, 0.4) is 0 Å². The minimum atomic E-state index is -0.0976. The van der Waals surface area contributed by atoms with Crippen LogP contribution in [0.1, 0.15) is 18.4 Å². The first-order chi connectivity index (χ1) is 8.70.